The monoisotopic (exact) mass is 293 g/mol. The molecule has 4 nitrogen and oxygen atoms in total. The van der Waals surface area contributed by atoms with Crippen LogP contribution in [0.25, 0.3) is 0 Å². The van der Waals surface area contributed by atoms with Crippen LogP contribution in [0.1, 0.15) is 31.7 Å². The molecule has 1 aliphatic rings. The van der Waals surface area contributed by atoms with E-state index in [0.29, 0.717) is 12.2 Å². The Morgan fingerprint density at radius 1 is 1.48 bits per heavy atom. The zero-order chi connectivity index (χ0) is 15.2. The number of nitrogens with zero attached hydrogens (tertiary/aromatic N) is 1. The molecule has 1 aromatic carbocycles. The Bertz CT molecular complexity index is 492. The van der Waals surface area contributed by atoms with Gasteiger partial charge in [-0.15, -0.1) is 0 Å². The molecule has 1 atom stereocenters. The van der Waals surface area contributed by atoms with Gasteiger partial charge in [0.15, 0.2) is 0 Å². The van der Waals surface area contributed by atoms with Crippen molar-refractivity contribution in [3.63, 3.8) is 0 Å². The first-order valence-corrected chi connectivity index (χ1v) is 7.65. The number of hydrogen-bond acceptors (Lipinski definition) is 3. The molecule has 0 saturated carbocycles. The summed E-state index contributed by atoms with van der Waals surface area (Å²) >= 11 is 0. The third-order valence-electron chi connectivity index (χ3n) is 3.90. The largest absolute Gasteiger partial charge is 0.357 e. The number of carbonyl (C=O) groups is 1. The van der Waals surface area contributed by atoms with Crippen LogP contribution in [-0.2, 0) is 11.3 Å². The second-order valence-corrected chi connectivity index (χ2v) is 5.39. The molecule has 2 N–H and O–H groups in total. The molecule has 1 aliphatic heterocycles. The first-order chi connectivity index (χ1) is 10.2. The summed E-state index contributed by atoms with van der Waals surface area (Å²) in [6, 6.07) is 4.86. The summed E-state index contributed by atoms with van der Waals surface area (Å²) in [6.45, 7) is 4.34. The van der Waals surface area contributed by atoms with Gasteiger partial charge < -0.3 is 15.5 Å². The molecule has 1 saturated heterocycles. The van der Waals surface area contributed by atoms with E-state index in [1.54, 1.807) is 13.1 Å². The highest BCUT2D eigenvalue weighted by Crippen LogP contribution is 2.31. The number of amides is 1. The zero-order valence-electron chi connectivity index (χ0n) is 12.8. The summed E-state index contributed by atoms with van der Waals surface area (Å²) in [7, 11) is 1.63. The molecule has 5 heteroatoms. The van der Waals surface area contributed by atoms with E-state index < -0.39 is 0 Å². The third kappa shape index (κ3) is 3.53. The van der Waals surface area contributed by atoms with Crippen molar-refractivity contribution in [3.05, 3.63) is 29.6 Å². The lowest BCUT2D eigenvalue weighted by atomic mass is 10.1. The van der Waals surface area contributed by atoms with Gasteiger partial charge in [-0.05, 0) is 37.4 Å². The second kappa shape index (κ2) is 7.41. The maximum atomic E-state index is 14.4. The van der Waals surface area contributed by atoms with E-state index in [0.717, 1.165) is 37.9 Å². The minimum Gasteiger partial charge on any atom is -0.357 e. The quantitative estimate of drug-likeness (QED) is 0.789. The molecular weight excluding hydrogens is 269 g/mol. The fraction of sp³-hybridized carbons (Fsp3) is 0.562. The topological polar surface area (TPSA) is 44.4 Å². The van der Waals surface area contributed by atoms with Crippen LogP contribution in [0.2, 0.25) is 0 Å². The fourth-order valence-electron chi connectivity index (χ4n) is 2.90. The molecular formula is C16H24FN3O. The lowest BCUT2D eigenvalue weighted by Crippen LogP contribution is -2.42. The van der Waals surface area contributed by atoms with E-state index in [2.05, 4.69) is 17.6 Å². The standard InChI is InChI=1S/C16H24FN3O/c1-3-9-19-11-12-6-4-7-13(17)15(12)20-10-5-8-14(20)16(21)18-2/h4,6-7,14,19H,3,5,8-11H2,1-2H3,(H,18,21). The van der Waals surface area contributed by atoms with Crippen LogP contribution in [0.4, 0.5) is 10.1 Å². The SMILES string of the molecule is CCCNCc1cccc(F)c1N1CCCC1C(=O)NC. The summed E-state index contributed by atoms with van der Waals surface area (Å²) in [5.41, 5.74) is 1.49. The van der Waals surface area contributed by atoms with E-state index in [9.17, 15) is 9.18 Å². The number of benzene rings is 1. The Hall–Kier alpha value is -1.62. The number of halogens is 1. The fourth-order valence-corrected chi connectivity index (χ4v) is 2.90. The molecule has 116 valence electrons. The van der Waals surface area contributed by atoms with Crippen molar-refractivity contribution in [3.8, 4) is 0 Å². The molecule has 1 amide bonds. The number of anilines is 1. The van der Waals surface area contributed by atoms with Crippen molar-refractivity contribution in [2.75, 3.05) is 25.0 Å². The Labute approximate surface area is 125 Å². The Balaban J connectivity index is 2.26. The molecule has 0 aliphatic carbocycles. The molecule has 0 bridgehead atoms. The van der Waals surface area contributed by atoms with Gasteiger partial charge in [-0.3, -0.25) is 4.79 Å². The number of para-hydroxylation sites is 1. The van der Waals surface area contributed by atoms with Crippen molar-refractivity contribution < 1.29 is 9.18 Å². The summed E-state index contributed by atoms with van der Waals surface area (Å²) in [6.07, 6.45) is 2.72. The van der Waals surface area contributed by atoms with Crippen LogP contribution in [0.3, 0.4) is 0 Å². The molecule has 2 rings (SSSR count). The maximum absolute atomic E-state index is 14.4. The van der Waals surface area contributed by atoms with Crippen molar-refractivity contribution in [1.29, 1.82) is 0 Å². The van der Waals surface area contributed by atoms with E-state index in [-0.39, 0.29) is 17.8 Å². The predicted molar refractivity (Wildman–Crippen MR) is 82.8 cm³/mol. The zero-order valence-corrected chi connectivity index (χ0v) is 12.8. The summed E-state index contributed by atoms with van der Waals surface area (Å²) in [5.74, 6) is -0.287. The van der Waals surface area contributed by atoms with E-state index in [1.165, 1.54) is 6.07 Å². The highest BCUT2D eigenvalue weighted by atomic mass is 19.1. The van der Waals surface area contributed by atoms with Crippen molar-refractivity contribution in [2.24, 2.45) is 0 Å². The molecule has 1 aromatic rings. The van der Waals surface area contributed by atoms with Crippen LogP contribution in [-0.4, -0.2) is 32.1 Å². The van der Waals surface area contributed by atoms with Crippen molar-refractivity contribution in [2.45, 2.75) is 38.8 Å². The van der Waals surface area contributed by atoms with Crippen LogP contribution in [0.5, 0.6) is 0 Å². The molecule has 0 spiro atoms. The minimum atomic E-state index is -0.267. The van der Waals surface area contributed by atoms with Crippen LogP contribution in [0.15, 0.2) is 18.2 Å². The Morgan fingerprint density at radius 3 is 3.00 bits per heavy atom. The molecule has 1 fully saturated rings. The van der Waals surface area contributed by atoms with Gasteiger partial charge >= 0.3 is 0 Å². The molecule has 0 radical (unpaired) electrons. The minimum absolute atomic E-state index is 0.0387. The molecule has 1 unspecified atom stereocenters. The third-order valence-corrected chi connectivity index (χ3v) is 3.90. The summed E-state index contributed by atoms with van der Waals surface area (Å²) in [4.78, 5) is 13.9. The number of carbonyl (C=O) groups excluding carboxylic acids is 1. The van der Waals surface area contributed by atoms with E-state index in [1.807, 2.05) is 11.0 Å². The van der Waals surface area contributed by atoms with Crippen molar-refractivity contribution >= 4 is 11.6 Å². The van der Waals surface area contributed by atoms with Gasteiger partial charge in [-0.2, -0.15) is 0 Å². The van der Waals surface area contributed by atoms with Gasteiger partial charge in [-0.1, -0.05) is 19.1 Å². The second-order valence-electron chi connectivity index (χ2n) is 5.39. The van der Waals surface area contributed by atoms with Gasteiger partial charge in [-0.25, -0.2) is 4.39 Å². The van der Waals surface area contributed by atoms with Gasteiger partial charge in [0.25, 0.3) is 0 Å². The van der Waals surface area contributed by atoms with Gasteiger partial charge in [0.05, 0.1) is 5.69 Å². The molecule has 0 aromatic heterocycles. The highest BCUT2D eigenvalue weighted by molar-refractivity contribution is 5.86. The lowest BCUT2D eigenvalue weighted by molar-refractivity contribution is -0.121. The number of likely N-dealkylation sites (N-methyl/N-ethyl adjacent to an activating group) is 1. The van der Waals surface area contributed by atoms with Gasteiger partial charge in [0, 0.05) is 20.1 Å². The number of rotatable bonds is 6. The van der Waals surface area contributed by atoms with Crippen LogP contribution in [0, 0.1) is 5.82 Å². The summed E-state index contributed by atoms with van der Waals surface area (Å²) in [5, 5.41) is 5.99. The van der Waals surface area contributed by atoms with Crippen molar-refractivity contribution in [1.82, 2.24) is 10.6 Å². The Kier molecular flexibility index (Phi) is 5.56. The molecule has 1 heterocycles. The Morgan fingerprint density at radius 2 is 2.29 bits per heavy atom. The first-order valence-electron chi connectivity index (χ1n) is 7.65. The number of hydrogen-bond donors (Lipinski definition) is 2. The normalized spacial score (nSPS) is 18.0. The maximum Gasteiger partial charge on any atom is 0.242 e. The summed E-state index contributed by atoms with van der Waals surface area (Å²) < 4.78 is 14.4. The first kappa shape index (κ1) is 15.8. The predicted octanol–water partition coefficient (Wildman–Crippen LogP) is 2.04. The van der Waals surface area contributed by atoms with E-state index >= 15 is 0 Å². The van der Waals surface area contributed by atoms with Crippen LogP contribution < -0.4 is 15.5 Å². The van der Waals surface area contributed by atoms with Crippen LogP contribution >= 0.6 is 0 Å². The van der Waals surface area contributed by atoms with Gasteiger partial charge in [0.2, 0.25) is 5.91 Å². The molecule has 21 heavy (non-hydrogen) atoms. The van der Waals surface area contributed by atoms with Gasteiger partial charge in [0.1, 0.15) is 11.9 Å². The smallest absolute Gasteiger partial charge is 0.242 e. The average molecular weight is 293 g/mol. The lowest BCUT2D eigenvalue weighted by Gasteiger charge is -2.28. The van der Waals surface area contributed by atoms with E-state index in [4.69, 9.17) is 0 Å². The number of nitrogens with one attached hydrogen (secondary N) is 2. The average Bonchev–Trinajstić information content (AvgIpc) is 2.96. The highest BCUT2D eigenvalue weighted by Gasteiger charge is 2.32.